The molecule has 2 aromatic carbocycles. The molecule has 0 aliphatic carbocycles. The SMILES string of the molecule is COC(=O)C(=C\c1cccc2ccccc12)/C(C(=O)OC)=C1\NC(=O)N(C)C1=O. The van der Waals surface area contributed by atoms with Gasteiger partial charge in [0.05, 0.1) is 19.8 Å². The first-order valence-electron chi connectivity index (χ1n) is 8.58. The number of urea groups is 1. The van der Waals surface area contributed by atoms with E-state index < -0.39 is 23.9 Å². The van der Waals surface area contributed by atoms with E-state index in [1.807, 2.05) is 30.3 Å². The van der Waals surface area contributed by atoms with Crippen molar-refractivity contribution >= 4 is 40.7 Å². The maximum atomic E-state index is 12.6. The Balaban J connectivity index is 2.30. The highest BCUT2D eigenvalue weighted by molar-refractivity contribution is 6.20. The molecule has 2 aromatic rings. The molecule has 0 unspecified atom stereocenters. The molecule has 0 atom stereocenters. The highest BCUT2D eigenvalue weighted by atomic mass is 16.5. The summed E-state index contributed by atoms with van der Waals surface area (Å²) in [4.78, 5) is 50.2. The van der Waals surface area contributed by atoms with E-state index in [9.17, 15) is 19.2 Å². The van der Waals surface area contributed by atoms with Crippen LogP contribution in [0.2, 0.25) is 0 Å². The van der Waals surface area contributed by atoms with E-state index in [1.165, 1.54) is 13.1 Å². The average Bonchev–Trinajstić information content (AvgIpc) is 2.99. The number of carbonyl (C=O) groups is 4. The quantitative estimate of drug-likeness (QED) is 0.484. The summed E-state index contributed by atoms with van der Waals surface area (Å²) < 4.78 is 9.61. The fourth-order valence-electron chi connectivity index (χ4n) is 3.00. The maximum absolute atomic E-state index is 12.6. The number of hydrogen-bond donors (Lipinski definition) is 1. The minimum atomic E-state index is -0.958. The predicted octanol–water partition coefficient (Wildman–Crippen LogP) is 2.00. The summed E-state index contributed by atoms with van der Waals surface area (Å²) >= 11 is 0. The molecule has 8 heteroatoms. The molecule has 1 heterocycles. The molecule has 0 spiro atoms. The van der Waals surface area contributed by atoms with Crippen LogP contribution in [-0.2, 0) is 23.9 Å². The van der Waals surface area contributed by atoms with Crippen LogP contribution in [0.3, 0.4) is 0 Å². The van der Waals surface area contributed by atoms with E-state index in [1.54, 1.807) is 12.1 Å². The molecule has 1 aliphatic heterocycles. The predicted molar refractivity (Wildman–Crippen MR) is 104 cm³/mol. The van der Waals surface area contributed by atoms with Crippen LogP contribution in [0.4, 0.5) is 4.79 Å². The average molecular weight is 394 g/mol. The third kappa shape index (κ3) is 3.60. The van der Waals surface area contributed by atoms with E-state index in [-0.39, 0.29) is 16.8 Å². The second kappa shape index (κ2) is 7.97. The number of hydrogen-bond acceptors (Lipinski definition) is 6. The molecule has 0 saturated carbocycles. The zero-order chi connectivity index (χ0) is 21.1. The lowest BCUT2D eigenvalue weighted by Crippen LogP contribution is -2.25. The molecule has 1 aliphatic rings. The smallest absolute Gasteiger partial charge is 0.341 e. The molecule has 1 fully saturated rings. The normalized spacial score (nSPS) is 16.0. The van der Waals surface area contributed by atoms with Crippen LogP contribution in [0.25, 0.3) is 16.8 Å². The van der Waals surface area contributed by atoms with Gasteiger partial charge in [-0.2, -0.15) is 0 Å². The molecule has 29 heavy (non-hydrogen) atoms. The van der Waals surface area contributed by atoms with Crippen molar-refractivity contribution in [3.8, 4) is 0 Å². The molecular formula is C21H18N2O6. The van der Waals surface area contributed by atoms with Crippen LogP contribution in [-0.4, -0.2) is 50.0 Å². The standard InChI is InChI=1S/C21H18N2O6/c1-23-18(24)17(22-21(23)27)16(20(26)29-3)15(19(25)28-2)11-13-9-6-8-12-7-4-5-10-14(12)13/h4-11H,1-3H3,(H,22,27)/b15-11-,17-16+. The summed E-state index contributed by atoms with van der Waals surface area (Å²) in [7, 11) is 3.52. The van der Waals surface area contributed by atoms with Crippen LogP contribution in [0.15, 0.2) is 59.3 Å². The Morgan fingerprint density at radius 2 is 1.62 bits per heavy atom. The van der Waals surface area contributed by atoms with Crippen LogP contribution in [0.5, 0.6) is 0 Å². The number of ether oxygens (including phenoxy) is 2. The monoisotopic (exact) mass is 394 g/mol. The first kappa shape index (κ1) is 19.8. The number of likely N-dealkylation sites (N-methyl/N-ethyl adjacent to an activating group) is 1. The lowest BCUT2D eigenvalue weighted by molar-refractivity contribution is -0.139. The number of fused-ring (bicyclic) bond motifs is 1. The molecule has 148 valence electrons. The Hall–Kier alpha value is -3.94. The van der Waals surface area contributed by atoms with Crippen molar-refractivity contribution in [2.75, 3.05) is 21.3 Å². The molecule has 8 nitrogen and oxygen atoms in total. The van der Waals surface area contributed by atoms with Gasteiger partial charge < -0.3 is 14.8 Å². The fourth-order valence-corrected chi connectivity index (χ4v) is 3.00. The maximum Gasteiger partial charge on any atom is 0.341 e. The van der Waals surface area contributed by atoms with Gasteiger partial charge in [0.1, 0.15) is 11.3 Å². The highest BCUT2D eigenvalue weighted by Crippen LogP contribution is 2.27. The molecule has 3 rings (SSSR count). The second-order valence-corrected chi connectivity index (χ2v) is 6.15. The van der Waals surface area contributed by atoms with Crippen molar-refractivity contribution in [2.24, 2.45) is 0 Å². The van der Waals surface area contributed by atoms with Crippen LogP contribution >= 0.6 is 0 Å². The highest BCUT2D eigenvalue weighted by Gasteiger charge is 2.38. The first-order valence-corrected chi connectivity index (χ1v) is 8.58. The summed E-state index contributed by atoms with van der Waals surface area (Å²) in [6, 6.07) is 12.2. The van der Waals surface area contributed by atoms with Gasteiger partial charge in [0.15, 0.2) is 0 Å². The lowest BCUT2D eigenvalue weighted by atomic mass is 9.97. The molecule has 1 saturated heterocycles. The fraction of sp³-hybridized carbons (Fsp3) is 0.143. The van der Waals surface area contributed by atoms with Crippen LogP contribution < -0.4 is 5.32 Å². The lowest BCUT2D eigenvalue weighted by Gasteiger charge is -2.12. The van der Waals surface area contributed by atoms with Crippen LogP contribution in [0, 0.1) is 0 Å². The van der Waals surface area contributed by atoms with Gasteiger partial charge in [-0.25, -0.2) is 14.4 Å². The van der Waals surface area contributed by atoms with Gasteiger partial charge in [-0.15, -0.1) is 0 Å². The number of carbonyl (C=O) groups excluding carboxylic acids is 4. The second-order valence-electron chi connectivity index (χ2n) is 6.15. The largest absolute Gasteiger partial charge is 0.465 e. The topological polar surface area (TPSA) is 102 Å². The van der Waals surface area contributed by atoms with Crippen molar-refractivity contribution in [1.29, 1.82) is 0 Å². The Kier molecular flexibility index (Phi) is 5.45. The van der Waals surface area contributed by atoms with Gasteiger partial charge in [0, 0.05) is 7.05 Å². The number of esters is 2. The minimum absolute atomic E-state index is 0.213. The van der Waals surface area contributed by atoms with Crippen molar-refractivity contribution in [3.05, 3.63) is 64.9 Å². The third-order valence-electron chi connectivity index (χ3n) is 4.49. The zero-order valence-corrected chi connectivity index (χ0v) is 16.0. The van der Waals surface area contributed by atoms with Gasteiger partial charge in [-0.3, -0.25) is 9.69 Å². The molecule has 1 N–H and O–H groups in total. The number of methoxy groups -OCH3 is 2. The summed E-state index contributed by atoms with van der Waals surface area (Å²) in [5, 5.41) is 4.06. The number of amides is 3. The third-order valence-corrected chi connectivity index (χ3v) is 4.49. The van der Waals surface area contributed by atoms with Crippen molar-refractivity contribution in [1.82, 2.24) is 10.2 Å². The summed E-state index contributed by atoms with van der Waals surface area (Å²) in [5.41, 5.74) is -0.318. The summed E-state index contributed by atoms with van der Waals surface area (Å²) in [6.07, 6.45) is 1.44. The Morgan fingerprint density at radius 1 is 0.966 bits per heavy atom. The van der Waals surface area contributed by atoms with E-state index >= 15 is 0 Å². The van der Waals surface area contributed by atoms with E-state index in [0.717, 1.165) is 29.9 Å². The molecule has 0 radical (unpaired) electrons. The van der Waals surface area contributed by atoms with Gasteiger partial charge in [-0.1, -0.05) is 42.5 Å². The Morgan fingerprint density at radius 3 is 2.24 bits per heavy atom. The summed E-state index contributed by atoms with van der Waals surface area (Å²) in [6.45, 7) is 0. The molecular weight excluding hydrogens is 376 g/mol. The van der Waals surface area contributed by atoms with Gasteiger partial charge in [0.2, 0.25) is 0 Å². The van der Waals surface area contributed by atoms with Gasteiger partial charge in [0.25, 0.3) is 5.91 Å². The molecule has 3 amide bonds. The number of benzene rings is 2. The Bertz CT molecular complexity index is 1090. The summed E-state index contributed by atoms with van der Waals surface area (Å²) in [5.74, 6) is -2.58. The van der Waals surface area contributed by atoms with E-state index in [0.29, 0.717) is 5.56 Å². The minimum Gasteiger partial charge on any atom is -0.465 e. The zero-order valence-electron chi connectivity index (χ0n) is 16.0. The first-order chi connectivity index (χ1) is 13.9. The molecule has 0 aromatic heterocycles. The van der Waals surface area contributed by atoms with Crippen molar-refractivity contribution < 1.29 is 28.7 Å². The van der Waals surface area contributed by atoms with E-state index in [2.05, 4.69) is 5.32 Å². The van der Waals surface area contributed by atoms with E-state index in [4.69, 9.17) is 9.47 Å². The Labute approximate surface area is 166 Å². The molecule has 0 bridgehead atoms. The number of imide groups is 1. The number of nitrogens with zero attached hydrogens (tertiary/aromatic N) is 1. The van der Waals surface area contributed by atoms with Gasteiger partial charge >= 0.3 is 18.0 Å². The number of rotatable bonds is 4. The number of nitrogens with one attached hydrogen (secondary N) is 1. The van der Waals surface area contributed by atoms with Crippen molar-refractivity contribution in [2.45, 2.75) is 0 Å². The van der Waals surface area contributed by atoms with Crippen LogP contribution in [0.1, 0.15) is 5.56 Å². The van der Waals surface area contributed by atoms with Gasteiger partial charge in [-0.05, 0) is 22.4 Å². The van der Waals surface area contributed by atoms with Crippen molar-refractivity contribution in [3.63, 3.8) is 0 Å².